The molecule has 0 fully saturated rings. The monoisotopic (exact) mass is 321 g/mol. The highest BCUT2D eigenvalue weighted by Crippen LogP contribution is 2.17. The van der Waals surface area contributed by atoms with Gasteiger partial charge in [0.2, 0.25) is 0 Å². The van der Waals surface area contributed by atoms with E-state index in [2.05, 4.69) is 10.5 Å². The van der Waals surface area contributed by atoms with Crippen molar-refractivity contribution < 1.29 is 4.79 Å². The number of nitrogens with zero attached hydrogens (tertiary/aromatic N) is 1. The minimum atomic E-state index is -0.233. The summed E-state index contributed by atoms with van der Waals surface area (Å²) in [6, 6.07) is 20.7. The number of nitrogens with two attached hydrogens (primary N) is 1. The zero-order valence-electron chi connectivity index (χ0n) is 12.3. The van der Waals surface area contributed by atoms with E-state index in [1.54, 1.807) is 6.07 Å². The number of thiophene rings is 1. The van der Waals surface area contributed by atoms with E-state index in [9.17, 15) is 4.79 Å². The number of carbonyl (C=O) groups is 1. The molecular weight excluding hydrogens is 306 g/mol. The van der Waals surface area contributed by atoms with Crippen LogP contribution in [0.25, 0.3) is 0 Å². The molecule has 3 aromatic rings. The molecular formula is C18H15N3OS. The second-order valence-electron chi connectivity index (χ2n) is 4.83. The van der Waals surface area contributed by atoms with E-state index in [-0.39, 0.29) is 5.91 Å². The molecule has 5 heteroatoms. The maximum absolute atomic E-state index is 12.1. The predicted molar refractivity (Wildman–Crippen MR) is 94.7 cm³/mol. The van der Waals surface area contributed by atoms with Gasteiger partial charge in [-0.3, -0.25) is 4.79 Å². The van der Waals surface area contributed by atoms with E-state index in [1.807, 2.05) is 66.0 Å². The summed E-state index contributed by atoms with van der Waals surface area (Å²) in [4.78, 5) is 12.7. The van der Waals surface area contributed by atoms with E-state index in [0.29, 0.717) is 16.3 Å². The van der Waals surface area contributed by atoms with Gasteiger partial charge < -0.3 is 5.73 Å². The molecule has 0 aliphatic carbocycles. The molecule has 114 valence electrons. The van der Waals surface area contributed by atoms with Crippen LogP contribution in [0.3, 0.4) is 0 Å². The maximum Gasteiger partial charge on any atom is 0.281 e. The molecule has 0 unspecified atom stereocenters. The molecule has 0 spiro atoms. The highest BCUT2D eigenvalue weighted by atomic mass is 32.1. The van der Waals surface area contributed by atoms with Gasteiger partial charge in [-0.25, -0.2) is 5.43 Å². The van der Waals surface area contributed by atoms with Gasteiger partial charge in [0.15, 0.2) is 0 Å². The van der Waals surface area contributed by atoms with E-state index in [0.717, 1.165) is 11.1 Å². The van der Waals surface area contributed by atoms with Crippen LogP contribution < -0.4 is 11.2 Å². The molecule has 0 bridgehead atoms. The van der Waals surface area contributed by atoms with Crippen LogP contribution in [0.15, 0.2) is 77.2 Å². The van der Waals surface area contributed by atoms with E-state index in [1.165, 1.54) is 11.3 Å². The largest absolute Gasteiger partial charge is 0.398 e. The Bertz CT molecular complexity index is 826. The lowest BCUT2D eigenvalue weighted by Gasteiger charge is -2.10. The Kier molecular flexibility index (Phi) is 4.49. The molecule has 0 saturated heterocycles. The molecule has 0 saturated carbocycles. The first-order chi connectivity index (χ1) is 11.3. The number of benzene rings is 2. The normalized spacial score (nSPS) is 11.2. The molecule has 0 aliphatic rings. The summed E-state index contributed by atoms with van der Waals surface area (Å²) in [7, 11) is 0. The Balaban J connectivity index is 1.97. The zero-order chi connectivity index (χ0) is 16.1. The summed E-state index contributed by atoms with van der Waals surface area (Å²) in [5, 5.41) is 6.18. The van der Waals surface area contributed by atoms with Crippen LogP contribution >= 0.6 is 11.3 Å². The molecule has 1 amide bonds. The molecule has 4 nitrogen and oxygen atoms in total. The van der Waals surface area contributed by atoms with Gasteiger partial charge in [0.25, 0.3) is 5.91 Å². The van der Waals surface area contributed by atoms with Crippen molar-refractivity contribution in [2.45, 2.75) is 0 Å². The van der Waals surface area contributed by atoms with Crippen LogP contribution in [-0.2, 0) is 0 Å². The van der Waals surface area contributed by atoms with Gasteiger partial charge in [0.05, 0.1) is 10.6 Å². The standard InChI is InChI=1S/C18H15N3OS/c19-15-10-5-4-9-14(15)17(13-7-2-1-3-8-13)20-21-18(22)16-11-6-12-23-16/h1-12H,19H2,(H,21,22)/b20-17+. The second-order valence-corrected chi connectivity index (χ2v) is 5.78. The van der Waals surface area contributed by atoms with Crippen molar-refractivity contribution in [3.05, 3.63) is 88.1 Å². The molecule has 0 radical (unpaired) electrons. The Morgan fingerprint density at radius 3 is 2.39 bits per heavy atom. The Morgan fingerprint density at radius 1 is 0.957 bits per heavy atom. The number of anilines is 1. The summed E-state index contributed by atoms with van der Waals surface area (Å²) in [5.41, 5.74) is 11.6. The summed E-state index contributed by atoms with van der Waals surface area (Å²) < 4.78 is 0. The third kappa shape index (κ3) is 3.46. The molecule has 0 atom stereocenters. The fraction of sp³-hybridized carbons (Fsp3) is 0. The molecule has 3 rings (SSSR count). The minimum absolute atomic E-state index is 0.233. The Labute approximate surface area is 138 Å². The lowest BCUT2D eigenvalue weighted by molar-refractivity contribution is 0.0959. The van der Waals surface area contributed by atoms with Gasteiger partial charge in [0.1, 0.15) is 0 Å². The van der Waals surface area contributed by atoms with Crippen LogP contribution in [0.4, 0.5) is 5.69 Å². The first-order valence-electron chi connectivity index (χ1n) is 7.07. The lowest BCUT2D eigenvalue weighted by Crippen LogP contribution is -2.20. The summed E-state index contributed by atoms with van der Waals surface area (Å²) in [6.45, 7) is 0. The van der Waals surface area contributed by atoms with Crippen molar-refractivity contribution in [3.8, 4) is 0 Å². The van der Waals surface area contributed by atoms with Gasteiger partial charge >= 0.3 is 0 Å². The molecule has 2 aromatic carbocycles. The number of para-hydroxylation sites is 1. The number of nitrogens with one attached hydrogen (secondary N) is 1. The van der Waals surface area contributed by atoms with Gasteiger partial charge in [-0.15, -0.1) is 11.3 Å². The molecule has 1 aromatic heterocycles. The molecule has 1 heterocycles. The molecule has 3 N–H and O–H groups in total. The van der Waals surface area contributed by atoms with Crippen molar-refractivity contribution in [2.24, 2.45) is 5.10 Å². The highest BCUT2D eigenvalue weighted by Gasteiger charge is 2.11. The van der Waals surface area contributed by atoms with Crippen molar-refractivity contribution in [1.82, 2.24) is 5.43 Å². The van der Waals surface area contributed by atoms with Gasteiger partial charge in [0, 0.05) is 16.8 Å². The topological polar surface area (TPSA) is 67.5 Å². The quantitative estimate of drug-likeness (QED) is 0.439. The average Bonchev–Trinajstić information content (AvgIpc) is 3.12. The summed E-state index contributed by atoms with van der Waals surface area (Å²) in [6.07, 6.45) is 0. The average molecular weight is 321 g/mol. The minimum Gasteiger partial charge on any atom is -0.398 e. The van der Waals surface area contributed by atoms with E-state index >= 15 is 0 Å². The predicted octanol–water partition coefficient (Wildman–Crippen LogP) is 3.51. The van der Waals surface area contributed by atoms with Crippen LogP contribution in [0.5, 0.6) is 0 Å². The van der Waals surface area contributed by atoms with E-state index < -0.39 is 0 Å². The van der Waals surface area contributed by atoms with Gasteiger partial charge in [-0.2, -0.15) is 5.10 Å². The summed E-state index contributed by atoms with van der Waals surface area (Å²) in [5.74, 6) is -0.233. The first-order valence-corrected chi connectivity index (χ1v) is 7.95. The number of rotatable bonds is 4. The van der Waals surface area contributed by atoms with Crippen molar-refractivity contribution >= 4 is 28.6 Å². The Morgan fingerprint density at radius 2 is 1.70 bits per heavy atom. The fourth-order valence-electron chi connectivity index (χ4n) is 2.16. The van der Waals surface area contributed by atoms with Crippen LogP contribution in [0, 0.1) is 0 Å². The van der Waals surface area contributed by atoms with Crippen LogP contribution in [0.2, 0.25) is 0 Å². The van der Waals surface area contributed by atoms with Gasteiger partial charge in [-0.1, -0.05) is 54.6 Å². The van der Waals surface area contributed by atoms with Crippen molar-refractivity contribution in [3.63, 3.8) is 0 Å². The maximum atomic E-state index is 12.1. The molecule has 23 heavy (non-hydrogen) atoms. The number of amides is 1. The van der Waals surface area contributed by atoms with Gasteiger partial charge in [-0.05, 0) is 17.5 Å². The number of hydrogen-bond acceptors (Lipinski definition) is 4. The van der Waals surface area contributed by atoms with Crippen LogP contribution in [-0.4, -0.2) is 11.6 Å². The fourth-order valence-corrected chi connectivity index (χ4v) is 2.77. The first kappa shape index (κ1) is 15.0. The SMILES string of the molecule is Nc1ccccc1/C(=N/NC(=O)c1cccs1)c1ccccc1. The third-order valence-electron chi connectivity index (χ3n) is 3.28. The van der Waals surface area contributed by atoms with Crippen molar-refractivity contribution in [2.75, 3.05) is 5.73 Å². The number of hydrogen-bond donors (Lipinski definition) is 2. The van der Waals surface area contributed by atoms with Crippen LogP contribution in [0.1, 0.15) is 20.8 Å². The van der Waals surface area contributed by atoms with Crippen molar-refractivity contribution in [1.29, 1.82) is 0 Å². The Hall–Kier alpha value is -2.92. The lowest BCUT2D eigenvalue weighted by atomic mass is 10.0. The summed E-state index contributed by atoms with van der Waals surface area (Å²) >= 11 is 1.37. The number of hydrazone groups is 1. The smallest absolute Gasteiger partial charge is 0.281 e. The highest BCUT2D eigenvalue weighted by molar-refractivity contribution is 7.12. The van der Waals surface area contributed by atoms with E-state index in [4.69, 9.17) is 5.73 Å². The number of nitrogen functional groups attached to an aromatic ring is 1. The second kappa shape index (κ2) is 6.89. The number of carbonyl (C=O) groups excluding carboxylic acids is 1. The third-order valence-corrected chi connectivity index (χ3v) is 4.15. The molecule has 0 aliphatic heterocycles. The zero-order valence-corrected chi connectivity index (χ0v) is 13.1.